The summed E-state index contributed by atoms with van der Waals surface area (Å²) in [6, 6.07) is 0. The van der Waals surface area contributed by atoms with Crippen LogP contribution in [0.15, 0.2) is 21.2 Å². The normalized spacial score (nSPS) is 26.5. The highest BCUT2D eigenvalue weighted by Crippen LogP contribution is 2.36. The van der Waals surface area contributed by atoms with Crippen LogP contribution in [-0.4, -0.2) is 0 Å². The lowest BCUT2D eigenvalue weighted by Gasteiger charge is -2.22. The third-order valence-electron chi connectivity index (χ3n) is 2.61. The van der Waals surface area contributed by atoms with E-state index in [1.54, 1.807) is 5.57 Å². The number of hydrogen-bond acceptors (Lipinski definition) is 0. The Morgan fingerprint density at radius 2 is 1.73 bits per heavy atom. The molecular formula is C10H15Br. The van der Waals surface area contributed by atoms with Crippen LogP contribution in [0.1, 0.15) is 34.1 Å². The quantitative estimate of drug-likeness (QED) is 0.572. The summed E-state index contributed by atoms with van der Waals surface area (Å²) in [6.07, 6.45) is 1.21. The van der Waals surface area contributed by atoms with Gasteiger partial charge in [0.15, 0.2) is 0 Å². The lowest BCUT2D eigenvalue weighted by atomic mass is 9.88. The topological polar surface area (TPSA) is 0 Å². The van der Waals surface area contributed by atoms with Crippen LogP contribution in [0.4, 0.5) is 0 Å². The Morgan fingerprint density at radius 1 is 1.18 bits per heavy atom. The molecule has 1 rings (SSSR count). The molecule has 0 saturated carbocycles. The van der Waals surface area contributed by atoms with Gasteiger partial charge in [-0.3, -0.25) is 0 Å². The smallest absolute Gasteiger partial charge is 0.00139 e. The van der Waals surface area contributed by atoms with Crippen molar-refractivity contribution in [3.8, 4) is 0 Å². The van der Waals surface area contributed by atoms with Crippen LogP contribution >= 0.6 is 15.9 Å². The molecule has 1 unspecified atom stereocenters. The third-order valence-corrected chi connectivity index (χ3v) is 3.98. The molecule has 1 atom stereocenters. The second-order valence-electron chi connectivity index (χ2n) is 3.48. The molecule has 0 aromatic rings. The van der Waals surface area contributed by atoms with E-state index in [0.29, 0.717) is 5.92 Å². The molecule has 0 N–H and O–H groups in total. The predicted octanol–water partition coefficient (Wildman–Crippen LogP) is 4.03. The van der Waals surface area contributed by atoms with Gasteiger partial charge in [0.05, 0.1) is 0 Å². The van der Waals surface area contributed by atoms with Gasteiger partial charge in [-0.2, -0.15) is 0 Å². The van der Waals surface area contributed by atoms with Crippen molar-refractivity contribution in [3.63, 3.8) is 0 Å². The molecule has 0 fully saturated rings. The summed E-state index contributed by atoms with van der Waals surface area (Å²) in [5.74, 6) is 0.679. The molecule has 0 nitrogen and oxygen atoms in total. The molecule has 0 aromatic heterocycles. The van der Waals surface area contributed by atoms with Crippen molar-refractivity contribution < 1.29 is 0 Å². The first-order chi connectivity index (χ1) is 5.04. The summed E-state index contributed by atoms with van der Waals surface area (Å²) in [5.41, 5.74) is 4.44. The van der Waals surface area contributed by atoms with Gasteiger partial charge < -0.3 is 0 Å². The second-order valence-corrected chi connectivity index (χ2v) is 4.34. The van der Waals surface area contributed by atoms with Crippen LogP contribution in [0.3, 0.4) is 0 Å². The average molecular weight is 215 g/mol. The minimum Gasteiger partial charge on any atom is -0.0695 e. The van der Waals surface area contributed by atoms with Gasteiger partial charge in [0.2, 0.25) is 0 Å². The highest BCUT2D eigenvalue weighted by Gasteiger charge is 2.17. The van der Waals surface area contributed by atoms with Crippen molar-refractivity contribution in [2.75, 3.05) is 0 Å². The average Bonchev–Trinajstić information content (AvgIpc) is 1.97. The van der Waals surface area contributed by atoms with Gasteiger partial charge in [-0.1, -0.05) is 28.4 Å². The Hall–Kier alpha value is -0.0400. The summed E-state index contributed by atoms with van der Waals surface area (Å²) < 4.78 is 1.39. The molecule has 0 amide bonds. The molecule has 0 aliphatic heterocycles. The maximum absolute atomic E-state index is 3.63. The zero-order chi connectivity index (χ0) is 8.59. The van der Waals surface area contributed by atoms with Crippen LogP contribution in [0.5, 0.6) is 0 Å². The molecule has 62 valence electrons. The standard InChI is InChI=1S/C10H15Br/c1-6-5-7(2)10(11)9(4)8(6)3/h7H,5H2,1-4H3. The largest absolute Gasteiger partial charge is 0.0695 e. The molecule has 1 aliphatic carbocycles. The van der Waals surface area contributed by atoms with Gasteiger partial charge in [-0.15, -0.1) is 0 Å². The Balaban J connectivity index is 3.07. The fourth-order valence-electron chi connectivity index (χ4n) is 1.57. The summed E-state index contributed by atoms with van der Waals surface area (Å²) in [7, 11) is 0. The summed E-state index contributed by atoms with van der Waals surface area (Å²) in [4.78, 5) is 0. The van der Waals surface area contributed by atoms with Crippen LogP contribution in [0.2, 0.25) is 0 Å². The molecule has 0 spiro atoms. The van der Waals surface area contributed by atoms with E-state index in [1.807, 2.05) is 0 Å². The van der Waals surface area contributed by atoms with Crippen molar-refractivity contribution in [2.45, 2.75) is 34.1 Å². The van der Waals surface area contributed by atoms with E-state index in [0.717, 1.165) is 0 Å². The zero-order valence-corrected chi connectivity index (χ0v) is 9.25. The molecule has 1 aliphatic rings. The fourth-order valence-corrected chi connectivity index (χ4v) is 2.03. The number of rotatable bonds is 0. The van der Waals surface area contributed by atoms with E-state index in [-0.39, 0.29) is 0 Å². The Morgan fingerprint density at radius 3 is 2.27 bits per heavy atom. The van der Waals surface area contributed by atoms with Gasteiger partial charge in [0.25, 0.3) is 0 Å². The molecule has 0 saturated heterocycles. The maximum Gasteiger partial charge on any atom is 0.00139 e. The molecule has 0 aromatic carbocycles. The summed E-state index contributed by atoms with van der Waals surface area (Å²) in [6.45, 7) is 8.90. The summed E-state index contributed by atoms with van der Waals surface area (Å²) >= 11 is 3.63. The maximum atomic E-state index is 3.63. The Kier molecular flexibility index (Phi) is 2.58. The lowest BCUT2D eigenvalue weighted by Crippen LogP contribution is -2.06. The second kappa shape index (κ2) is 3.14. The molecule has 11 heavy (non-hydrogen) atoms. The van der Waals surface area contributed by atoms with E-state index < -0.39 is 0 Å². The molecule has 1 heteroatoms. The van der Waals surface area contributed by atoms with Crippen molar-refractivity contribution in [3.05, 3.63) is 21.2 Å². The van der Waals surface area contributed by atoms with E-state index in [1.165, 1.54) is 22.0 Å². The molecule has 0 heterocycles. The van der Waals surface area contributed by atoms with Crippen LogP contribution < -0.4 is 0 Å². The predicted molar refractivity (Wildman–Crippen MR) is 53.8 cm³/mol. The highest BCUT2D eigenvalue weighted by atomic mass is 79.9. The third kappa shape index (κ3) is 1.58. The fraction of sp³-hybridized carbons (Fsp3) is 0.600. The van der Waals surface area contributed by atoms with Gasteiger partial charge in [-0.25, -0.2) is 0 Å². The molecular weight excluding hydrogens is 200 g/mol. The monoisotopic (exact) mass is 214 g/mol. The van der Waals surface area contributed by atoms with Crippen LogP contribution in [-0.2, 0) is 0 Å². The molecule has 0 bridgehead atoms. The van der Waals surface area contributed by atoms with Crippen molar-refractivity contribution in [1.82, 2.24) is 0 Å². The van der Waals surface area contributed by atoms with Crippen molar-refractivity contribution >= 4 is 15.9 Å². The first-order valence-corrected chi connectivity index (χ1v) is 4.86. The minimum atomic E-state index is 0.679. The van der Waals surface area contributed by atoms with Crippen molar-refractivity contribution in [2.24, 2.45) is 5.92 Å². The number of halogens is 1. The van der Waals surface area contributed by atoms with Crippen molar-refractivity contribution in [1.29, 1.82) is 0 Å². The SMILES string of the molecule is CC1=C(C)C(C)=C(Br)C(C)C1. The van der Waals surface area contributed by atoms with E-state index >= 15 is 0 Å². The van der Waals surface area contributed by atoms with E-state index in [9.17, 15) is 0 Å². The zero-order valence-electron chi connectivity index (χ0n) is 7.66. The first-order valence-electron chi connectivity index (χ1n) is 4.07. The van der Waals surface area contributed by atoms with Crippen LogP contribution in [0, 0.1) is 5.92 Å². The number of allylic oxidation sites excluding steroid dienone is 4. The number of hydrogen-bond donors (Lipinski definition) is 0. The Bertz CT molecular complexity index is 233. The van der Waals surface area contributed by atoms with Crippen LogP contribution in [0.25, 0.3) is 0 Å². The van der Waals surface area contributed by atoms with E-state index in [4.69, 9.17) is 0 Å². The van der Waals surface area contributed by atoms with E-state index in [2.05, 4.69) is 43.6 Å². The molecule has 0 radical (unpaired) electrons. The highest BCUT2D eigenvalue weighted by molar-refractivity contribution is 9.11. The Labute approximate surface area is 77.5 Å². The van der Waals surface area contributed by atoms with Gasteiger partial charge in [-0.05, 0) is 44.3 Å². The summed E-state index contributed by atoms with van der Waals surface area (Å²) in [5, 5.41) is 0. The first kappa shape index (κ1) is 9.05. The lowest BCUT2D eigenvalue weighted by molar-refractivity contribution is 0.682. The van der Waals surface area contributed by atoms with Gasteiger partial charge in [0.1, 0.15) is 0 Å². The van der Waals surface area contributed by atoms with Gasteiger partial charge in [0, 0.05) is 4.48 Å². The van der Waals surface area contributed by atoms with Gasteiger partial charge >= 0.3 is 0 Å². The minimum absolute atomic E-state index is 0.679.